The van der Waals surface area contributed by atoms with Crippen LogP contribution in [0.4, 0.5) is 0 Å². The summed E-state index contributed by atoms with van der Waals surface area (Å²) in [6.07, 6.45) is 9.73. The molecule has 0 saturated heterocycles. The van der Waals surface area contributed by atoms with Crippen molar-refractivity contribution in [1.29, 1.82) is 0 Å². The number of hydrogen-bond acceptors (Lipinski definition) is 2. The van der Waals surface area contributed by atoms with E-state index in [0.29, 0.717) is 6.42 Å². The molecule has 106 valence electrons. The highest BCUT2D eigenvalue weighted by Gasteiger charge is 2.01. The Labute approximate surface area is 113 Å². The minimum absolute atomic E-state index is 0.563. The molecular formula is C16H30O2. The highest BCUT2D eigenvalue weighted by atomic mass is 16.3. The van der Waals surface area contributed by atoms with Crippen LogP contribution in [-0.4, -0.2) is 22.4 Å². The minimum atomic E-state index is -0.566. The SMILES string of the molecule is CCCCCCCCC(O)C#CC(O)CCCC. The maximum atomic E-state index is 9.64. The van der Waals surface area contributed by atoms with Crippen LogP contribution in [0.25, 0.3) is 0 Å². The van der Waals surface area contributed by atoms with Gasteiger partial charge in [-0.1, -0.05) is 70.6 Å². The normalized spacial score (nSPS) is 13.8. The van der Waals surface area contributed by atoms with Gasteiger partial charge in [-0.15, -0.1) is 0 Å². The van der Waals surface area contributed by atoms with E-state index < -0.39 is 12.2 Å². The van der Waals surface area contributed by atoms with Gasteiger partial charge in [0.1, 0.15) is 12.2 Å². The van der Waals surface area contributed by atoms with Gasteiger partial charge in [-0.2, -0.15) is 0 Å². The highest BCUT2D eigenvalue weighted by Crippen LogP contribution is 2.08. The Hall–Kier alpha value is -0.520. The molecule has 0 aliphatic heterocycles. The van der Waals surface area contributed by atoms with E-state index >= 15 is 0 Å². The van der Waals surface area contributed by atoms with Crippen LogP contribution < -0.4 is 0 Å². The number of hydrogen-bond donors (Lipinski definition) is 2. The van der Waals surface area contributed by atoms with Gasteiger partial charge in [-0.05, 0) is 19.3 Å². The molecule has 2 atom stereocenters. The Morgan fingerprint density at radius 2 is 1.11 bits per heavy atom. The van der Waals surface area contributed by atoms with E-state index in [1.165, 1.54) is 32.1 Å². The zero-order chi connectivity index (χ0) is 13.6. The second kappa shape index (κ2) is 12.9. The molecule has 0 aromatic carbocycles. The first-order valence-electron chi connectivity index (χ1n) is 7.57. The lowest BCUT2D eigenvalue weighted by Crippen LogP contribution is -2.07. The topological polar surface area (TPSA) is 40.5 Å². The lowest BCUT2D eigenvalue weighted by atomic mass is 10.1. The monoisotopic (exact) mass is 254 g/mol. The van der Waals surface area contributed by atoms with Crippen LogP contribution in [0, 0.1) is 11.8 Å². The molecule has 2 nitrogen and oxygen atoms in total. The summed E-state index contributed by atoms with van der Waals surface area (Å²) in [7, 11) is 0. The van der Waals surface area contributed by atoms with Gasteiger partial charge in [0.15, 0.2) is 0 Å². The van der Waals surface area contributed by atoms with Gasteiger partial charge >= 0.3 is 0 Å². The van der Waals surface area contributed by atoms with Gasteiger partial charge in [0.25, 0.3) is 0 Å². The average Bonchev–Trinajstić information content (AvgIpc) is 2.38. The second-order valence-corrected chi connectivity index (χ2v) is 5.02. The summed E-state index contributed by atoms with van der Waals surface area (Å²) >= 11 is 0. The highest BCUT2D eigenvalue weighted by molar-refractivity contribution is 5.08. The van der Waals surface area contributed by atoms with E-state index in [0.717, 1.165) is 25.7 Å². The molecule has 0 bridgehead atoms. The number of rotatable bonds is 10. The molecule has 0 fully saturated rings. The molecule has 18 heavy (non-hydrogen) atoms. The molecule has 0 aliphatic rings. The Bertz CT molecular complexity index is 227. The molecule has 0 rings (SSSR count). The van der Waals surface area contributed by atoms with E-state index in [-0.39, 0.29) is 0 Å². The predicted octanol–water partition coefficient (Wildman–Crippen LogP) is 3.65. The lowest BCUT2D eigenvalue weighted by molar-refractivity contribution is 0.207. The van der Waals surface area contributed by atoms with Crippen LogP contribution in [0.5, 0.6) is 0 Å². The predicted molar refractivity (Wildman–Crippen MR) is 77.3 cm³/mol. The number of aliphatic hydroxyl groups is 2. The molecule has 0 aliphatic carbocycles. The lowest BCUT2D eigenvalue weighted by Gasteiger charge is -2.04. The van der Waals surface area contributed by atoms with Gasteiger partial charge in [0.05, 0.1) is 0 Å². The van der Waals surface area contributed by atoms with Crippen LogP contribution in [0.15, 0.2) is 0 Å². The molecule has 0 spiro atoms. The van der Waals surface area contributed by atoms with E-state index in [2.05, 4.69) is 25.7 Å². The van der Waals surface area contributed by atoms with Gasteiger partial charge in [-0.25, -0.2) is 0 Å². The Morgan fingerprint density at radius 1 is 0.667 bits per heavy atom. The fraction of sp³-hybridized carbons (Fsp3) is 0.875. The van der Waals surface area contributed by atoms with Crippen molar-refractivity contribution in [2.75, 3.05) is 0 Å². The Balaban J connectivity index is 3.51. The summed E-state index contributed by atoms with van der Waals surface area (Å²) in [6, 6.07) is 0. The van der Waals surface area contributed by atoms with Crippen LogP contribution in [-0.2, 0) is 0 Å². The zero-order valence-corrected chi connectivity index (χ0v) is 12.1. The van der Waals surface area contributed by atoms with Crippen molar-refractivity contribution in [1.82, 2.24) is 0 Å². The molecule has 0 heterocycles. The third-order valence-electron chi connectivity index (χ3n) is 3.08. The summed E-state index contributed by atoms with van der Waals surface area (Å²) in [4.78, 5) is 0. The average molecular weight is 254 g/mol. The van der Waals surface area contributed by atoms with Crippen LogP contribution >= 0.6 is 0 Å². The smallest absolute Gasteiger partial charge is 0.114 e. The van der Waals surface area contributed by atoms with Crippen LogP contribution in [0.3, 0.4) is 0 Å². The maximum Gasteiger partial charge on any atom is 0.114 e. The molecule has 0 aromatic heterocycles. The zero-order valence-electron chi connectivity index (χ0n) is 12.1. The first-order chi connectivity index (χ1) is 8.70. The summed E-state index contributed by atoms with van der Waals surface area (Å²) in [5, 5.41) is 19.2. The van der Waals surface area contributed by atoms with Crippen molar-refractivity contribution >= 4 is 0 Å². The van der Waals surface area contributed by atoms with Crippen molar-refractivity contribution in [2.24, 2.45) is 0 Å². The summed E-state index contributed by atoms with van der Waals surface area (Å²) < 4.78 is 0. The molecule has 2 N–H and O–H groups in total. The molecular weight excluding hydrogens is 224 g/mol. The summed E-state index contributed by atoms with van der Waals surface area (Å²) in [5.74, 6) is 5.48. The molecule has 2 heteroatoms. The van der Waals surface area contributed by atoms with Crippen LogP contribution in [0.1, 0.15) is 78.1 Å². The van der Waals surface area contributed by atoms with E-state index in [4.69, 9.17) is 0 Å². The largest absolute Gasteiger partial charge is 0.380 e. The fourth-order valence-electron chi connectivity index (χ4n) is 1.85. The quantitative estimate of drug-likeness (QED) is 0.461. The van der Waals surface area contributed by atoms with Crippen molar-refractivity contribution in [3.8, 4) is 11.8 Å². The molecule has 0 radical (unpaired) electrons. The molecule has 2 unspecified atom stereocenters. The van der Waals surface area contributed by atoms with Crippen molar-refractivity contribution < 1.29 is 10.2 Å². The summed E-state index contributed by atoms with van der Waals surface area (Å²) in [5.41, 5.74) is 0. The number of unbranched alkanes of at least 4 members (excludes halogenated alkanes) is 6. The van der Waals surface area contributed by atoms with Gasteiger partial charge in [0.2, 0.25) is 0 Å². The number of aliphatic hydroxyl groups excluding tert-OH is 2. The van der Waals surface area contributed by atoms with Gasteiger partial charge in [-0.3, -0.25) is 0 Å². The Kier molecular flexibility index (Phi) is 12.6. The molecule has 0 saturated carbocycles. The van der Waals surface area contributed by atoms with Crippen molar-refractivity contribution in [3.05, 3.63) is 0 Å². The van der Waals surface area contributed by atoms with E-state index in [9.17, 15) is 10.2 Å². The Morgan fingerprint density at radius 3 is 1.67 bits per heavy atom. The molecule has 0 amide bonds. The third-order valence-corrected chi connectivity index (χ3v) is 3.08. The first-order valence-corrected chi connectivity index (χ1v) is 7.57. The summed E-state index contributed by atoms with van der Waals surface area (Å²) in [6.45, 7) is 4.30. The van der Waals surface area contributed by atoms with E-state index in [1.807, 2.05) is 0 Å². The standard InChI is InChI=1S/C16H30O2/c1-3-5-7-8-9-10-12-16(18)14-13-15(17)11-6-4-2/h15-18H,3-12H2,1-2H3. The first kappa shape index (κ1) is 17.5. The van der Waals surface area contributed by atoms with Crippen LogP contribution in [0.2, 0.25) is 0 Å². The third kappa shape index (κ3) is 12.0. The fourth-order valence-corrected chi connectivity index (χ4v) is 1.85. The van der Waals surface area contributed by atoms with E-state index in [1.54, 1.807) is 0 Å². The minimum Gasteiger partial charge on any atom is -0.380 e. The van der Waals surface area contributed by atoms with Gasteiger partial charge < -0.3 is 10.2 Å². The van der Waals surface area contributed by atoms with Gasteiger partial charge in [0, 0.05) is 0 Å². The second-order valence-electron chi connectivity index (χ2n) is 5.02. The molecule has 0 aromatic rings. The van der Waals surface area contributed by atoms with Crippen molar-refractivity contribution in [3.63, 3.8) is 0 Å². The van der Waals surface area contributed by atoms with Crippen molar-refractivity contribution in [2.45, 2.75) is 90.3 Å². The maximum absolute atomic E-state index is 9.64.